The van der Waals surface area contributed by atoms with Crippen LogP contribution in [0.2, 0.25) is 0 Å². The number of hydrogen-bond acceptors (Lipinski definition) is 3. The van der Waals surface area contributed by atoms with Gasteiger partial charge in [0, 0.05) is 30.1 Å². The predicted octanol–water partition coefficient (Wildman–Crippen LogP) is 3.15. The maximum absolute atomic E-state index is 6.10. The molecule has 3 rings (SSSR count). The van der Waals surface area contributed by atoms with E-state index in [1.54, 1.807) is 0 Å². The van der Waals surface area contributed by atoms with Gasteiger partial charge in [0.15, 0.2) is 0 Å². The number of nitrogens with one attached hydrogen (secondary N) is 1. The minimum Gasteiger partial charge on any atom is -0.487 e. The molecule has 1 heterocycles. The fourth-order valence-electron chi connectivity index (χ4n) is 3.52. The second-order valence-corrected chi connectivity index (χ2v) is 6.93. The molecule has 3 N–H and O–H groups in total. The molecule has 3 heteroatoms. The highest BCUT2D eigenvalue weighted by atomic mass is 16.5. The van der Waals surface area contributed by atoms with Crippen molar-refractivity contribution in [2.24, 2.45) is 5.73 Å². The Hall–Kier alpha value is -1.06. The van der Waals surface area contributed by atoms with Gasteiger partial charge in [0.05, 0.1) is 0 Å². The maximum Gasteiger partial charge on any atom is 0.124 e. The van der Waals surface area contributed by atoms with Crippen molar-refractivity contribution in [1.29, 1.82) is 0 Å². The number of para-hydroxylation sites is 1. The van der Waals surface area contributed by atoms with Crippen LogP contribution in [0.25, 0.3) is 0 Å². The zero-order chi connectivity index (χ0) is 14.2. The van der Waals surface area contributed by atoms with E-state index < -0.39 is 0 Å². The van der Waals surface area contributed by atoms with E-state index in [4.69, 9.17) is 10.5 Å². The quantitative estimate of drug-likeness (QED) is 0.871. The van der Waals surface area contributed by atoms with Crippen LogP contribution < -0.4 is 15.8 Å². The number of hydrogen-bond donors (Lipinski definition) is 2. The maximum atomic E-state index is 6.10. The molecule has 20 heavy (non-hydrogen) atoms. The van der Waals surface area contributed by atoms with Gasteiger partial charge in [-0.1, -0.05) is 18.2 Å². The second kappa shape index (κ2) is 5.38. The smallest absolute Gasteiger partial charge is 0.124 e. The van der Waals surface area contributed by atoms with Crippen LogP contribution in [0.4, 0.5) is 0 Å². The highest BCUT2D eigenvalue weighted by Gasteiger charge is 2.34. The van der Waals surface area contributed by atoms with Crippen LogP contribution in [0, 0.1) is 0 Å². The lowest BCUT2D eigenvalue weighted by Gasteiger charge is -2.40. The molecular weight excluding hydrogens is 248 g/mol. The predicted molar refractivity (Wildman–Crippen MR) is 81.9 cm³/mol. The average Bonchev–Trinajstić information content (AvgIpc) is 2.40. The number of fused-ring (bicyclic) bond motifs is 1. The van der Waals surface area contributed by atoms with Crippen molar-refractivity contribution in [3.63, 3.8) is 0 Å². The molecule has 0 spiro atoms. The van der Waals surface area contributed by atoms with Gasteiger partial charge in [0.2, 0.25) is 0 Å². The molecule has 1 aliphatic carbocycles. The van der Waals surface area contributed by atoms with Crippen molar-refractivity contribution in [2.45, 2.75) is 69.7 Å². The number of benzene rings is 1. The molecule has 1 atom stereocenters. The third-order valence-corrected chi connectivity index (χ3v) is 4.59. The van der Waals surface area contributed by atoms with Gasteiger partial charge in [-0.05, 0) is 45.6 Å². The standard InChI is InChI=1S/C17H26N2O/c1-17(2)11-15(14-5-3-4-6-16(14)20-17)19-13-9-7-12(18)8-10-13/h3-6,12-13,15,19H,7-11,18H2,1-2H3. The van der Waals surface area contributed by atoms with Gasteiger partial charge < -0.3 is 15.8 Å². The molecule has 0 aromatic heterocycles. The van der Waals surface area contributed by atoms with Crippen molar-refractivity contribution in [2.75, 3.05) is 0 Å². The zero-order valence-electron chi connectivity index (χ0n) is 12.6. The van der Waals surface area contributed by atoms with Gasteiger partial charge >= 0.3 is 0 Å². The lowest BCUT2D eigenvalue weighted by Crippen LogP contribution is -2.44. The Bertz CT molecular complexity index is 464. The van der Waals surface area contributed by atoms with Gasteiger partial charge in [-0.3, -0.25) is 0 Å². The first-order valence-electron chi connectivity index (χ1n) is 7.83. The molecule has 1 saturated carbocycles. The summed E-state index contributed by atoms with van der Waals surface area (Å²) in [5.74, 6) is 1.04. The molecule has 0 amide bonds. The van der Waals surface area contributed by atoms with Gasteiger partial charge in [-0.15, -0.1) is 0 Å². The Labute approximate surface area is 121 Å². The Morgan fingerprint density at radius 2 is 1.85 bits per heavy atom. The Morgan fingerprint density at radius 1 is 1.15 bits per heavy atom. The number of ether oxygens (including phenoxy) is 1. The SMILES string of the molecule is CC1(C)CC(NC2CCC(N)CC2)c2ccccc2O1. The minimum atomic E-state index is -0.100. The highest BCUT2D eigenvalue weighted by molar-refractivity contribution is 5.38. The molecule has 0 radical (unpaired) electrons. The molecular formula is C17H26N2O. The highest BCUT2D eigenvalue weighted by Crippen LogP contribution is 2.40. The van der Waals surface area contributed by atoms with Gasteiger partial charge in [0.1, 0.15) is 11.4 Å². The first-order chi connectivity index (χ1) is 9.53. The Kier molecular flexibility index (Phi) is 3.74. The summed E-state index contributed by atoms with van der Waals surface area (Å²) in [7, 11) is 0. The summed E-state index contributed by atoms with van der Waals surface area (Å²) in [5.41, 5.74) is 7.21. The van der Waals surface area contributed by atoms with E-state index >= 15 is 0 Å². The van der Waals surface area contributed by atoms with E-state index in [-0.39, 0.29) is 5.60 Å². The second-order valence-electron chi connectivity index (χ2n) is 6.93. The summed E-state index contributed by atoms with van der Waals surface area (Å²) in [4.78, 5) is 0. The summed E-state index contributed by atoms with van der Waals surface area (Å²) in [6.45, 7) is 4.35. The van der Waals surface area contributed by atoms with E-state index in [1.165, 1.54) is 18.4 Å². The molecule has 1 aliphatic heterocycles. The van der Waals surface area contributed by atoms with Crippen LogP contribution in [-0.2, 0) is 0 Å². The molecule has 1 fully saturated rings. The van der Waals surface area contributed by atoms with Crippen LogP contribution >= 0.6 is 0 Å². The largest absolute Gasteiger partial charge is 0.487 e. The molecule has 110 valence electrons. The van der Waals surface area contributed by atoms with Crippen molar-refractivity contribution in [3.8, 4) is 5.75 Å². The van der Waals surface area contributed by atoms with Gasteiger partial charge in [0.25, 0.3) is 0 Å². The van der Waals surface area contributed by atoms with Crippen molar-refractivity contribution < 1.29 is 4.74 Å². The third-order valence-electron chi connectivity index (χ3n) is 4.59. The Balaban J connectivity index is 1.75. The van der Waals surface area contributed by atoms with Crippen LogP contribution in [0.15, 0.2) is 24.3 Å². The van der Waals surface area contributed by atoms with Crippen LogP contribution in [0.5, 0.6) is 5.75 Å². The summed E-state index contributed by atoms with van der Waals surface area (Å²) < 4.78 is 6.10. The summed E-state index contributed by atoms with van der Waals surface area (Å²) in [6.07, 6.45) is 5.70. The van der Waals surface area contributed by atoms with Crippen LogP contribution in [0.1, 0.15) is 57.6 Å². The van der Waals surface area contributed by atoms with E-state index in [0.717, 1.165) is 25.0 Å². The molecule has 3 nitrogen and oxygen atoms in total. The van der Waals surface area contributed by atoms with Crippen molar-refractivity contribution in [1.82, 2.24) is 5.32 Å². The van der Waals surface area contributed by atoms with Gasteiger partial charge in [-0.2, -0.15) is 0 Å². The van der Waals surface area contributed by atoms with E-state index in [1.807, 2.05) is 0 Å². The molecule has 0 bridgehead atoms. The summed E-state index contributed by atoms with van der Waals surface area (Å²) in [6, 6.07) is 9.84. The van der Waals surface area contributed by atoms with E-state index in [2.05, 4.69) is 43.4 Å². The normalized spacial score (nSPS) is 32.2. The average molecular weight is 274 g/mol. The number of nitrogens with two attached hydrogens (primary N) is 1. The number of rotatable bonds is 2. The lowest BCUT2D eigenvalue weighted by molar-refractivity contribution is 0.0621. The van der Waals surface area contributed by atoms with Crippen LogP contribution in [0.3, 0.4) is 0 Å². The molecule has 1 aromatic carbocycles. The molecule has 1 unspecified atom stereocenters. The fraction of sp³-hybridized carbons (Fsp3) is 0.647. The molecule has 2 aliphatic rings. The summed E-state index contributed by atoms with van der Waals surface area (Å²) >= 11 is 0. The van der Waals surface area contributed by atoms with Crippen LogP contribution in [-0.4, -0.2) is 17.7 Å². The summed E-state index contributed by atoms with van der Waals surface area (Å²) in [5, 5.41) is 3.85. The first kappa shape index (κ1) is 13.9. The first-order valence-corrected chi connectivity index (χ1v) is 7.83. The fourth-order valence-corrected chi connectivity index (χ4v) is 3.52. The minimum absolute atomic E-state index is 0.100. The third kappa shape index (κ3) is 2.99. The van der Waals surface area contributed by atoms with Crippen molar-refractivity contribution >= 4 is 0 Å². The lowest BCUT2D eigenvalue weighted by atomic mass is 9.86. The van der Waals surface area contributed by atoms with E-state index in [9.17, 15) is 0 Å². The van der Waals surface area contributed by atoms with Crippen molar-refractivity contribution in [3.05, 3.63) is 29.8 Å². The van der Waals surface area contributed by atoms with E-state index in [0.29, 0.717) is 18.1 Å². The monoisotopic (exact) mass is 274 g/mol. The Morgan fingerprint density at radius 3 is 2.60 bits per heavy atom. The van der Waals surface area contributed by atoms with Gasteiger partial charge in [-0.25, -0.2) is 0 Å². The topological polar surface area (TPSA) is 47.3 Å². The molecule has 1 aromatic rings. The molecule has 0 saturated heterocycles. The zero-order valence-corrected chi connectivity index (χ0v) is 12.6.